The first-order valence-corrected chi connectivity index (χ1v) is 4.95. The van der Waals surface area contributed by atoms with E-state index >= 15 is 0 Å². The van der Waals surface area contributed by atoms with Gasteiger partial charge in [-0.05, 0) is 37.5 Å². The van der Waals surface area contributed by atoms with Gasteiger partial charge in [-0.15, -0.1) is 0 Å². The minimum Gasteiger partial charge on any atom is -0.350 e. The molecule has 2 aliphatic carbocycles. The van der Waals surface area contributed by atoms with Crippen LogP contribution in [-0.4, -0.2) is 11.4 Å². The van der Waals surface area contributed by atoms with E-state index in [0.717, 1.165) is 12.3 Å². The van der Waals surface area contributed by atoms with Gasteiger partial charge in [-0.3, -0.25) is 4.79 Å². The second kappa shape index (κ2) is 1.70. The van der Waals surface area contributed by atoms with Crippen LogP contribution in [0.15, 0.2) is 0 Å². The zero-order chi connectivity index (χ0) is 8.51. The maximum absolute atomic E-state index is 11.5. The van der Waals surface area contributed by atoms with Crippen molar-refractivity contribution in [3.8, 4) is 0 Å². The first-order valence-electron chi connectivity index (χ1n) is 4.95. The molecule has 0 aromatic carbocycles. The average Bonchev–Trinajstić information content (AvgIpc) is 2.56. The maximum atomic E-state index is 11.5. The van der Waals surface area contributed by atoms with Crippen LogP contribution in [-0.2, 0) is 4.79 Å². The van der Waals surface area contributed by atoms with Crippen molar-refractivity contribution in [3.05, 3.63) is 0 Å². The van der Waals surface area contributed by atoms with Gasteiger partial charge in [-0.25, -0.2) is 0 Å². The molecule has 0 aromatic rings. The molecule has 1 amide bonds. The summed E-state index contributed by atoms with van der Waals surface area (Å²) in [4.78, 5) is 11.5. The highest BCUT2D eigenvalue weighted by Gasteiger charge is 2.64. The number of nitrogens with one attached hydrogen (secondary N) is 1. The highest BCUT2D eigenvalue weighted by molar-refractivity contribution is 5.84. The van der Waals surface area contributed by atoms with E-state index in [9.17, 15) is 4.79 Å². The van der Waals surface area contributed by atoms with Gasteiger partial charge in [0.1, 0.15) is 0 Å². The Bertz CT molecular complexity index is 263. The summed E-state index contributed by atoms with van der Waals surface area (Å²) < 4.78 is 0. The topological polar surface area (TPSA) is 29.1 Å². The molecule has 1 aliphatic heterocycles. The highest BCUT2D eigenvalue weighted by Crippen LogP contribution is 2.60. The van der Waals surface area contributed by atoms with E-state index < -0.39 is 0 Å². The van der Waals surface area contributed by atoms with Crippen LogP contribution in [0.5, 0.6) is 0 Å². The maximum Gasteiger partial charge on any atom is 0.223 e. The zero-order valence-corrected chi connectivity index (χ0v) is 7.63. The number of carbonyl (C=O) groups is 1. The van der Waals surface area contributed by atoms with Crippen molar-refractivity contribution >= 4 is 5.91 Å². The van der Waals surface area contributed by atoms with Crippen LogP contribution in [0.3, 0.4) is 0 Å². The van der Waals surface area contributed by atoms with Crippen LogP contribution in [0.2, 0.25) is 0 Å². The van der Waals surface area contributed by atoms with Gasteiger partial charge in [-0.1, -0.05) is 6.92 Å². The Morgan fingerprint density at radius 1 is 1.50 bits per heavy atom. The van der Waals surface area contributed by atoms with Crippen LogP contribution in [0, 0.1) is 23.7 Å². The summed E-state index contributed by atoms with van der Waals surface area (Å²) in [7, 11) is 0. The zero-order valence-electron chi connectivity index (χ0n) is 7.63. The van der Waals surface area contributed by atoms with Gasteiger partial charge in [0.2, 0.25) is 5.91 Å². The molecule has 3 rings (SSSR count). The lowest BCUT2D eigenvalue weighted by molar-refractivity contribution is -0.122. The quantitative estimate of drug-likeness (QED) is 0.573. The second-order valence-electron chi connectivity index (χ2n) is 5.01. The number of fused-ring (bicyclic) bond motifs is 1. The third-order valence-corrected chi connectivity index (χ3v) is 4.75. The molecule has 0 radical (unpaired) electrons. The van der Waals surface area contributed by atoms with Crippen LogP contribution in [0.4, 0.5) is 0 Å². The molecule has 0 spiro atoms. The SMILES string of the molecule is CC1C2CC3C(=O)NC1(C)C3C2. The minimum atomic E-state index is 0.157. The fraction of sp³-hybridized carbons (Fsp3) is 0.900. The van der Waals surface area contributed by atoms with Gasteiger partial charge in [0, 0.05) is 11.5 Å². The average molecular weight is 165 g/mol. The van der Waals surface area contributed by atoms with Crippen molar-refractivity contribution in [2.45, 2.75) is 32.2 Å². The molecule has 1 N–H and O–H groups in total. The summed E-state index contributed by atoms with van der Waals surface area (Å²) in [6.45, 7) is 4.53. The van der Waals surface area contributed by atoms with Crippen molar-refractivity contribution in [3.63, 3.8) is 0 Å². The Kier molecular flexibility index (Phi) is 0.984. The van der Waals surface area contributed by atoms with Crippen molar-refractivity contribution in [1.82, 2.24) is 5.32 Å². The predicted molar refractivity (Wildman–Crippen MR) is 45.4 cm³/mol. The largest absolute Gasteiger partial charge is 0.350 e. The van der Waals surface area contributed by atoms with Crippen molar-refractivity contribution in [2.24, 2.45) is 23.7 Å². The molecule has 1 saturated heterocycles. The monoisotopic (exact) mass is 165 g/mol. The van der Waals surface area contributed by atoms with E-state index in [-0.39, 0.29) is 5.54 Å². The smallest absolute Gasteiger partial charge is 0.223 e. The van der Waals surface area contributed by atoms with Crippen molar-refractivity contribution in [1.29, 1.82) is 0 Å². The molecular formula is C10H15NO. The van der Waals surface area contributed by atoms with Gasteiger partial charge in [0.05, 0.1) is 0 Å². The predicted octanol–water partition coefficient (Wildman–Crippen LogP) is 1.17. The van der Waals surface area contributed by atoms with E-state index in [2.05, 4.69) is 19.2 Å². The molecule has 2 heteroatoms. The number of hydrogen-bond acceptors (Lipinski definition) is 1. The molecule has 12 heavy (non-hydrogen) atoms. The summed E-state index contributed by atoms with van der Waals surface area (Å²) >= 11 is 0. The van der Waals surface area contributed by atoms with Crippen LogP contribution >= 0.6 is 0 Å². The van der Waals surface area contributed by atoms with Gasteiger partial charge in [0.25, 0.3) is 0 Å². The van der Waals surface area contributed by atoms with E-state index in [4.69, 9.17) is 0 Å². The Labute approximate surface area is 72.7 Å². The number of amides is 1. The summed E-state index contributed by atoms with van der Waals surface area (Å²) in [5, 5.41) is 3.19. The first-order chi connectivity index (χ1) is 5.63. The Hall–Kier alpha value is -0.530. The molecular weight excluding hydrogens is 150 g/mol. The lowest BCUT2D eigenvalue weighted by Crippen LogP contribution is -2.46. The fourth-order valence-corrected chi connectivity index (χ4v) is 3.83. The normalized spacial score (nSPS) is 61.0. The Morgan fingerprint density at radius 2 is 2.25 bits per heavy atom. The lowest BCUT2D eigenvalue weighted by atomic mass is 9.74. The van der Waals surface area contributed by atoms with Crippen molar-refractivity contribution < 1.29 is 4.79 Å². The lowest BCUT2D eigenvalue weighted by Gasteiger charge is -2.34. The van der Waals surface area contributed by atoms with E-state index in [1.807, 2.05) is 0 Å². The van der Waals surface area contributed by atoms with Crippen LogP contribution in [0.25, 0.3) is 0 Å². The molecule has 2 bridgehead atoms. The van der Waals surface area contributed by atoms with E-state index in [1.165, 1.54) is 6.42 Å². The van der Waals surface area contributed by atoms with E-state index in [1.54, 1.807) is 0 Å². The molecule has 2 nitrogen and oxygen atoms in total. The van der Waals surface area contributed by atoms with Crippen molar-refractivity contribution in [2.75, 3.05) is 0 Å². The highest BCUT2D eigenvalue weighted by atomic mass is 16.2. The van der Waals surface area contributed by atoms with E-state index in [0.29, 0.717) is 23.7 Å². The molecule has 2 saturated carbocycles. The Balaban J connectivity index is 2.11. The molecule has 0 aromatic heterocycles. The third-order valence-electron chi connectivity index (χ3n) is 4.75. The van der Waals surface area contributed by atoms with Gasteiger partial charge in [0.15, 0.2) is 0 Å². The molecule has 66 valence electrons. The summed E-state index contributed by atoms with van der Waals surface area (Å²) in [6, 6.07) is 0. The molecule has 3 fully saturated rings. The fourth-order valence-electron chi connectivity index (χ4n) is 3.83. The first kappa shape index (κ1) is 6.93. The number of hydrogen-bond donors (Lipinski definition) is 1. The van der Waals surface area contributed by atoms with Gasteiger partial charge in [-0.2, -0.15) is 0 Å². The van der Waals surface area contributed by atoms with Crippen LogP contribution < -0.4 is 5.32 Å². The molecule has 5 unspecified atom stereocenters. The Morgan fingerprint density at radius 3 is 2.83 bits per heavy atom. The standard InChI is InChI=1S/C10H15NO/c1-5-6-3-7-8(4-6)10(5,2)11-9(7)12/h5-8H,3-4H2,1-2H3,(H,11,12). The van der Waals surface area contributed by atoms with Crippen LogP contribution in [0.1, 0.15) is 26.7 Å². The van der Waals surface area contributed by atoms with Gasteiger partial charge < -0.3 is 5.32 Å². The summed E-state index contributed by atoms with van der Waals surface area (Å²) in [6.07, 6.45) is 2.45. The molecule has 3 aliphatic rings. The molecule has 5 atom stereocenters. The summed E-state index contributed by atoms with van der Waals surface area (Å²) in [5.41, 5.74) is 0.157. The third kappa shape index (κ3) is 0.511. The second-order valence-corrected chi connectivity index (χ2v) is 5.01. The number of rotatable bonds is 0. The van der Waals surface area contributed by atoms with Gasteiger partial charge >= 0.3 is 0 Å². The summed E-state index contributed by atoms with van der Waals surface area (Å²) in [5.74, 6) is 2.88. The number of carbonyl (C=O) groups excluding carboxylic acids is 1. The molecule has 1 heterocycles. The minimum absolute atomic E-state index is 0.157.